The molecule has 2 atom stereocenters. The minimum Gasteiger partial charge on any atom is -0.378 e. The highest BCUT2D eigenvalue weighted by Crippen LogP contribution is 2.53. The van der Waals surface area contributed by atoms with E-state index in [0.717, 1.165) is 19.6 Å². The van der Waals surface area contributed by atoms with Crippen LogP contribution < -0.4 is 5.32 Å². The van der Waals surface area contributed by atoms with Crippen LogP contribution in [-0.4, -0.2) is 25.3 Å². The van der Waals surface area contributed by atoms with Gasteiger partial charge in [-0.05, 0) is 61.5 Å². The fraction of sp³-hybridized carbons (Fsp3) is 0.765. The van der Waals surface area contributed by atoms with E-state index in [1.54, 1.807) is 11.3 Å². The molecule has 0 aromatic carbocycles. The number of hydrogen-bond donors (Lipinski definition) is 1. The van der Waals surface area contributed by atoms with E-state index in [4.69, 9.17) is 4.74 Å². The van der Waals surface area contributed by atoms with Crippen molar-refractivity contribution in [1.29, 1.82) is 0 Å². The lowest BCUT2D eigenvalue weighted by molar-refractivity contribution is -0.149. The van der Waals surface area contributed by atoms with Crippen molar-refractivity contribution >= 4 is 11.3 Å². The summed E-state index contributed by atoms with van der Waals surface area (Å²) in [5.41, 5.74) is 1.93. The molecule has 1 spiro atoms. The van der Waals surface area contributed by atoms with Gasteiger partial charge in [-0.3, -0.25) is 0 Å². The van der Waals surface area contributed by atoms with Crippen molar-refractivity contribution in [3.8, 4) is 0 Å². The second kappa shape index (κ2) is 6.59. The monoisotopic (exact) mass is 293 g/mol. The zero-order valence-corrected chi connectivity index (χ0v) is 13.4. The van der Waals surface area contributed by atoms with E-state index in [0.29, 0.717) is 17.6 Å². The smallest absolute Gasteiger partial charge is 0.0661 e. The van der Waals surface area contributed by atoms with E-state index in [9.17, 15) is 0 Å². The summed E-state index contributed by atoms with van der Waals surface area (Å²) in [6.07, 6.45) is 9.85. The maximum atomic E-state index is 6.02. The molecule has 3 rings (SSSR count). The SMILES string of the molecule is CCOC1CC(NCCc2ccsc2)C12CCCCC2. The molecule has 0 radical (unpaired) electrons. The van der Waals surface area contributed by atoms with Crippen molar-refractivity contribution in [3.63, 3.8) is 0 Å². The average molecular weight is 293 g/mol. The van der Waals surface area contributed by atoms with Gasteiger partial charge in [-0.1, -0.05) is 19.3 Å². The molecule has 2 saturated carbocycles. The Bertz CT molecular complexity index is 397. The molecule has 1 aromatic heterocycles. The van der Waals surface area contributed by atoms with Gasteiger partial charge in [-0.15, -0.1) is 0 Å². The number of rotatable bonds is 6. The van der Waals surface area contributed by atoms with Crippen LogP contribution in [0.3, 0.4) is 0 Å². The number of nitrogens with one attached hydrogen (secondary N) is 1. The Morgan fingerprint density at radius 2 is 2.20 bits per heavy atom. The number of thiophene rings is 1. The highest BCUT2D eigenvalue weighted by atomic mass is 32.1. The molecule has 0 bridgehead atoms. The van der Waals surface area contributed by atoms with Crippen LogP contribution in [0, 0.1) is 5.41 Å². The third-order valence-electron chi connectivity index (χ3n) is 5.32. The van der Waals surface area contributed by atoms with E-state index in [1.807, 2.05) is 0 Å². The first kappa shape index (κ1) is 14.6. The van der Waals surface area contributed by atoms with Crippen molar-refractivity contribution in [1.82, 2.24) is 5.32 Å². The zero-order valence-electron chi connectivity index (χ0n) is 12.6. The lowest BCUT2D eigenvalue weighted by Crippen LogP contribution is -2.64. The van der Waals surface area contributed by atoms with Gasteiger partial charge >= 0.3 is 0 Å². The van der Waals surface area contributed by atoms with Crippen molar-refractivity contribution in [2.45, 2.75) is 64.0 Å². The number of ether oxygens (including phenoxy) is 1. The summed E-state index contributed by atoms with van der Waals surface area (Å²) >= 11 is 1.80. The Labute approximate surface area is 126 Å². The molecule has 1 aromatic rings. The molecule has 2 nitrogen and oxygen atoms in total. The second-order valence-corrected chi connectivity index (χ2v) is 7.14. The standard InChI is InChI=1S/C17H27NOS/c1-2-19-16-12-15(17(16)8-4-3-5-9-17)18-10-6-14-7-11-20-13-14/h7,11,13,15-16,18H,2-6,8-10,12H2,1H3. The molecule has 3 heteroatoms. The summed E-state index contributed by atoms with van der Waals surface area (Å²) in [6, 6.07) is 2.94. The first-order chi connectivity index (χ1) is 9.85. The zero-order chi connectivity index (χ0) is 13.8. The third-order valence-corrected chi connectivity index (χ3v) is 6.05. The topological polar surface area (TPSA) is 21.3 Å². The van der Waals surface area contributed by atoms with Crippen LogP contribution in [0.1, 0.15) is 51.0 Å². The Hall–Kier alpha value is -0.380. The Balaban J connectivity index is 1.53. The third kappa shape index (κ3) is 2.81. The van der Waals surface area contributed by atoms with Crippen LogP contribution >= 0.6 is 11.3 Å². The van der Waals surface area contributed by atoms with Crippen molar-refractivity contribution in [2.75, 3.05) is 13.2 Å². The maximum absolute atomic E-state index is 6.02. The normalized spacial score (nSPS) is 28.4. The predicted octanol–water partition coefficient (Wildman–Crippen LogP) is 4.01. The summed E-state index contributed by atoms with van der Waals surface area (Å²) < 4.78 is 6.02. The molecular weight excluding hydrogens is 266 g/mol. The van der Waals surface area contributed by atoms with Gasteiger partial charge in [-0.25, -0.2) is 0 Å². The van der Waals surface area contributed by atoms with Gasteiger partial charge in [0.25, 0.3) is 0 Å². The van der Waals surface area contributed by atoms with E-state index in [2.05, 4.69) is 29.1 Å². The quantitative estimate of drug-likeness (QED) is 0.855. The van der Waals surface area contributed by atoms with Crippen LogP contribution in [0.4, 0.5) is 0 Å². The predicted molar refractivity (Wildman–Crippen MR) is 85.4 cm³/mol. The fourth-order valence-electron chi connectivity index (χ4n) is 4.18. The molecule has 2 aliphatic rings. The molecule has 0 amide bonds. The van der Waals surface area contributed by atoms with Gasteiger partial charge in [0, 0.05) is 18.1 Å². The Kier molecular flexibility index (Phi) is 4.79. The van der Waals surface area contributed by atoms with Gasteiger partial charge in [-0.2, -0.15) is 11.3 Å². The summed E-state index contributed by atoms with van der Waals surface area (Å²) in [4.78, 5) is 0. The van der Waals surface area contributed by atoms with Crippen LogP contribution in [0.5, 0.6) is 0 Å². The van der Waals surface area contributed by atoms with Crippen LogP contribution in [-0.2, 0) is 11.2 Å². The van der Waals surface area contributed by atoms with Crippen LogP contribution in [0.15, 0.2) is 16.8 Å². The minimum absolute atomic E-state index is 0.461. The van der Waals surface area contributed by atoms with Gasteiger partial charge in [0.15, 0.2) is 0 Å². The first-order valence-corrected chi connectivity index (χ1v) is 9.15. The van der Waals surface area contributed by atoms with Gasteiger partial charge in [0.2, 0.25) is 0 Å². The Morgan fingerprint density at radius 3 is 2.90 bits per heavy atom. The van der Waals surface area contributed by atoms with Gasteiger partial charge in [0.05, 0.1) is 6.10 Å². The molecule has 2 fully saturated rings. The summed E-state index contributed by atoms with van der Waals surface area (Å²) in [5, 5.41) is 8.27. The molecule has 0 saturated heterocycles. The van der Waals surface area contributed by atoms with Gasteiger partial charge < -0.3 is 10.1 Å². The van der Waals surface area contributed by atoms with E-state index in [1.165, 1.54) is 44.1 Å². The maximum Gasteiger partial charge on any atom is 0.0661 e. The lowest BCUT2D eigenvalue weighted by atomic mass is 9.55. The summed E-state index contributed by atoms with van der Waals surface area (Å²) in [7, 11) is 0. The molecule has 1 heterocycles. The van der Waals surface area contributed by atoms with Crippen LogP contribution in [0.2, 0.25) is 0 Å². The first-order valence-electron chi connectivity index (χ1n) is 8.21. The van der Waals surface area contributed by atoms with Crippen molar-refractivity contribution in [2.24, 2.45) is 5.41 Å². The molecule has 0 aliphatic heterocycles. The minimum atomic E-state index is 0.461. The number of hydrogen-bond acceptors (Lipinski definition) is 3. The summed E-state index contributed by atoms with van der Waals surface area (Å²) in [6.45, 7) is 4.11. The van der Waals surface area contributed by atoms with E-state index < -0.39 is 0 Å². The molecule has 1 N–H and O–H groups in total. The summed E-state index contributed by atoms with van der Waals surface area (Å²) in [5.74, 6) is 0. The molecule has 2 aliphatic carbocycles. The van der Waals surface area contributed by atoms with E-state index in [-0.39, 0.29) is 0 Å². The molecule has 112 valence electrons. The average Bonchev–Trinajstić information content (AvgIpc) is 3.00. The van der Waals surface area contributed by atoms with Crippen molar-refractivity contribution < 1.29 is 4.74 Å². The van der Waals surface area contributed by atoms with Crippen LogP contribution in [0.25, 0.3) is 0 Å². The van der Waals surface area contributed by atoms with E-state index >= 15 is 0 Å². The highest BCUT2D eigenvalue weighted by Gasteiger charge is 2.55. The van der Waals surface area contributed by atoms with Gasteiger partial charge in [0.1, 0.15) is 0 Å². The largest absolute Gasteiger partial charge is 0.378 e. The Morgan fingerprint density at radius 1 is 1.35 bits per heavy atom. The fourth-order valence-corrected chi connectivity index (χ4v) is 4.88. The van der Waals surface area contributed by atoms with Crippen molar-refractivity contribution in [3.05, 3.63) is 22.4 Å². The second-order valence-electron chi connectivity index (χ2n) is 6.36. The molecular formula is C17H27NOS. The molecule has 20 heavy (non-hydrogen) atoms. The highest BCUT2D eigenvalue weighted by molar-refractivity contribution is 7.07. The lowest BCUT2D eigenvalue weighted by Gasteiger charge is -2.58. The molecule has 2 unspecified atom stereocenters.